The van der Waals surface area contributed by atoms with Crippen LogP contribution in [0, 0.1) is 11.8 Å². The van der Waals surface area contributed by atoms with Gasteiger partial charge in [0, 0.05) is 11.4 Å². The van der Waals surface area contributed by atoms with Gasteiger partial charge in [-0.1, -0.05) is 40.0 Å². The lowest BCUT2D eigenvalue weighted by Crippen LogP contribution is -2.43. The minimum Gasteiger partial charge on any atom is -0.348 e. The van der Waals surface area contributed by atoms with Gasteiger partial charge in [-0.15, -0.1) is 11.3 Å². The highest BCUT2D eigenvalue weighted by Crippen LogP contribution is 2.29. The van der Waals surface area contributed by atoms with Crippen LogP contribution in [0.1, 0.15) is 74.4 Å². The maximum absolute atomic E-state index is 12.4. The quantitative estimate of drug-likeness (QED) is 0.874. The van der Waals surface area contributed by atoms with Crippen LogP contribution in [0.2, 0.25) is 0 Å². The average molecular weight is 309 g/mol. The lowest BCUT2D eigenvalue weighted by molar-refractivity contribution is 0.0886. The molecule has 118 valence electrons. The van der Waals surface area contributed by atoms with Crippen molar-refractivity contribution in [3.05, 3.63) is 16.1 Å². The molecule has 4 unspecified atom stereocenters. The molecule has 1 fully saturated rings. The smallest absolute Gasteiger partial charge is 0.270 e. The Morgan fingerprint density at radius 3 is 3.00 bits per heavy atom. The number of hydrogen-bond acceptors (Lipinski definition) is 4. The van der Waals surface area contributed by atoms with Gasteiger partial charge in [-0.05, 0) is 24.7 Å². The Morgan fingerprint density at radius 1 is 1.52 bits per heavy atom. The zero-order valence-corrected chi connectivity index (χ0v) is 14.1. The predicted octanol–water partition coefficient (Wildman–Crippen LogP) is 3.50. The Balaban J connectivity index is 1.97. The number of carbonyl (C=O) groups is 1. The Morgan fingerprint density at radius 2 is 2.29 bits per heavy atom. The van der Waals surface area contributed by atoms with E-state index in [1.165, 1.54) is 24.2 Å². The maximum atomic E-state index is 12.4. The molecule has 0 aliphatic heterocycles. The predicted molar refractivity (Wildman–Crippen MR) is 87.4 cm³/mol. The molecule has 1 amide bonds. The second kappa shape index (κ2) is 7.36. The van der Waals surface area contributed by atoms with Crippen molar-refractivity contribution >= 4 is 17.2 Å². The SMILES string of the molecule is CCCC(N)c1nc(C(=O)NC2CCCC(C)C2C)cs1. The molecular formula is C16H27N3OS. The molecule has 0 bridgehead atoms. The summed E-state index contributed by atoms with van der Waals surface area (Å²) in [5.41, 5.74) is 6.58. The summed E-state index contributed by atoms with van der Waals surface area (Å²) in [6, 6.07) is 0.228. The number of nitrogens with one attached hydrogen (secondary N) is 1. The van der Waals surface area contributed by atoms with Crippen LogP contribution in [0.25, 0.3) is 0 Å². The van der Waals surface area contributed by atoms with Gasteiger partial charge in [-0.2, -0.15) is 0 Å². The molecule has 1 aromatic heterocycles. The molecule has 2 rings (SSSR count). The normalized spacial score (nSPS) is 27.3. The van der Waals surface area contributed by atoms with E-state index in [9.17, 15) is 4.79 Å². The number of amides is 1. The highest BCUT2D eigenvalue weighted by molar-refractivity contribution is 7.09. The molecule has 21 heavy (non-hydrogen) atoms. The average Bonchev–Trinajstić information content (AvgIpc) is 2.94. The van der Waals surface area contributed by atoms with Gasteiger partial charge in [0.05, 0.1) is 6.04 Å². The molecule has 0 spiro atoms. The third-order valence-electron chi connectivity index (χ3n) is 4.69. The van der Waals surface area contributed by atoms with Gasteiger partial charge in [-0.25, -0.2) is 4.98 Å². The molecule has 3 N–H and O–H groups in total. The van der Waals surface area contributed by atoms with Crippen molar-refractivity contribution in [2.24, 2.45) is 17.6 Å². The van der Waals surface area contributed by atoms with E-state index in [0.717, 1.165) is 24.3 Å². The van der Waals surface area contributed by atoms with E-state index in [-0.39, 0.29) is 18.0 Å². The fourth-order valence-corrected chi connectivity index (χ4v) is 3.86. The number of nitrogens with zero attached hydrogens (tertiary/aromatic N) is 1. The minimum absolute atomic E-state index is 0.0461. The zero-order valence-electron chi connectivity index (χ0n) is 13.3. The van der Waals surface area contributed by atoms with E-state index in [2.05, 4.69) is 31.1 Å². The number of aromatic nitrogens is 1. The maximum Gasteiger partial charge on any atom is 0.270 e. The molecule has 0 radical (unpaired) electrons. The molecule has 0 saturated heterocycles. The summed E-state index contributed by atoms with van der Waals surface area (Å²) in [6.45, 7) is 6.61. The van der Waals surface area contributed by atoms with E-state index in [1.54, 1.807) is 0 Å². The first kappa shape index (κ1) is 16.4. The molecule has 1 aliphatic carbocycles. The molecule has 4 nitrogen and oxygen atoms in total. The van der Waals surface area contributed by atoms with Gasteiger partial charge in [0.25, 0.3) is 5.91 Å². The van der Waals surface area contributed by atoms with Crippen LogP contribution >= 0.6 is 11.3 Å². The second-order valence-corrected chi connectivity index (χ2v) is 7.20. The fraction of sp³-hybridized carbons (Fsp3) is 0.750. The highest BCUT2D eigenvalue weighted by atomic mass is 32.1. The van der Waals surface area contributed by atoms with Crippen molar-refractivity contribution in [3.63, 3.8) is 0 Å². The van der Waals surface area contributed by atoms with Crippen molar-refractivity contribution in [2.45, 2.75) is 65.0 Å². The van der Waals surface area contributed by atoms with Crippen LogP contribution in [-0.4, -0.2) is 16.9 Å². The summed E-state index contributed by atoms with van der Waals surface area (Å²) >= 11 is 1.49. The summed E-state index contributed by atoms with van der Waals surface area (Å²) in [5.74, 6) is 1.16. The Bertz CT molecular complexity index is 474. The molecule has 1 aliphatic rings. The second-order valence-electron chi connectivity index (χ2n) is 6.31. The number of thiazole rings is 1. The summed E-state index contributed by atoms with van der Waals surface area (Å²) in [6.07, 6.45) is 5.47. The van der Waals surface area contributed by atoms with Crippen LogP contribution in [0.5, 0.6) is 0 Å². The first-order valence-corrected chi connectivity index (χ1v) is 8.92. The monoisotopic (exact) mass is 309 g/mol. The molecule has 1 saturated carbocycles. The Kier molecular flexibility index (Phi) is 5.76. The number of rotatable bonds is 5. The molecule has 1 aromatic rings. The van der Waals surface area contributed by atoms with Crippen LogP contribution in [-0.2, 0) is 0 Å². The first-order chi connectivity index (χ1) is 10.0. The third kappa shape index (κ3) is 4.04. The van der Waals surface area contributed by atoms with Gasteiger partial charge >= 0.3 is 0 Å². The Hall–Kier alpha value is -0.940. The summed E-state index contributed by atoms with van der Waals surface area (Å²) in [7, 11) is 0. The lowest BCUT2D eigenvalue weighted by atomic mass is 9.78. The van der Waals surface area contributed by atoms with Crippen LogP contribution < -0.4 is 11.1 Å². The van der Waals surface area contributed by atoms with Gasteiger partial charge in [0.2, 0.25) is 0 Å². The van der Waals surface area contributed by atoms with Gasteiger partial charge < -0.3 is 11.1 Å². The van der Waals surface area contributed by atoms with Gasteiger partial charge in [0.15, 0.2) is 0 Å². The van der Waals surface area contributed by atoms with Crippen LogP contribution in [0.4, 0.5) is 0 Å². The molecule has 5 heteroatoms. The van der Waals surface area contributed by atoms with Crippen LogP contribution in [0.3, 0.4) is 0 Å². The fourth-order valence-electron chi connectivity index (χ4n) is 3.02. The van der Waals surface area contributed by atoms with E-state index < -0.39 is 0 Å². The standard InChI is InChI=1S/C16H27N3OS/c1-4-6-12(17)16-19-14(9-21-16)15(20)18-13-8-5-7-10(2)11(13)3/h9-13H,4-8,17H2,1-3H3,(H,18,20). The van der Waals surface area contributed by atoms with Crippen molar-refractivity contribution < 1.29 is 4.79 Å². The van der Waals surface area contributed by atoms with E-state index in [0.29, 0.717) is 17.5 Å². The Labute approximate surface area is 131 Å². The van der Waals surface area contributed by atoms with Crippen molar-refractivity contribution in [2.75, 3.05) is 0 Å². The number of nitrogens with two attached hydrogens (primary N) is 1. The molecule has 4 atom stereocenters. The first-order valence-electron chi connectivity index (χ1n) is 8.04. The lowest BCUT2D eigenvalue weighted by Gasteiger charge is -2.34. The van der Waals surface area contributed by atoms with Crippen molar-refractivity contribution in [3.8, 4) is 0 Å². The number of hydrogen-bond donors (Lipinski definition) is 2. The molecule has 0 aromatic carbocycles. The van der Waals surface area contributed by atoms with Crippen molar-refractivity contribution in [1.82, 2.24) is 10.3 Å². The van der Waals surface area contributed by atoms with Crippen molar-refractivity contribution in [1.29, 1.82) is 0 Å². The number of carbonyl (C=O) groups excluding carboxylic acids is 1. The van der Waals surface area contributed by atoms with E-state index in [4.69, 9.17) is 5.73 Å². The molecular weight excluding hydrogens is 282 g/mol. The topological polar surface area (TPSA) is 68.0 Å². The van der Waals surface area contributed by atoms with Crippen LogP contribution in [0.15, 0.2) is 5.38 Å². The van der Waals surface area contributed by atoms with Gasteiger partial charge in [0.1, 0.15) is 10.7 Å². The third-order valence-corrected chi connectivity index (χ3v) is 5.67. The van der Waals surface area contributed by atoms with E-state index in [1.807, 2.05) is 5.38 Å². The molecule has 1 heterocycles. The zero-order chi connectivity index (χ0) is 15.4. The summed E-state index contributed by atoms with van der Waals surface area (Å²) in [5, 5.41) is 5.86. The van der Waals surface area contributed by atoms with E-state index >= 15 is 0 Å². The minimum atomic E-state index is -0.0489. The summed E-state index contributed by atoms with van der Waals surface area (Å²) in [4.78, 5) is 16.8. The largest absolute Gasteiger partial charge is 0.348 e. The highest BCUT2D eigenvalue weighted by Gasteiger charge is 2.29. The van der Waals surface area contributed by atoms with Gasteiger partial charge in [-0.3, -0.25) is 4.79 Å². The summed E-state index contributed by atoms with van der Waals surface area (Å²) < 4.78 is 0.